The molecule has 0 aliphatic rings. The molecule has 0 heterocycles. The number of hydrogen-bond donors (Lipinski definition) is 5. The van der Waals surface area contributed by atoms with Crippen molar-refractivity contribution in [3.63, 3.8) is 0 Å². The van der Waals surface area contributed by atoms with Gasteiger partial charge in [-0.25, -0.2) is 4.79 Å². The van der Waals surface area contributed by atoms with Crippen molar-refractivity contribution >= 4 is 18.2 Å². The Kier molecular flexibility index (Phi) is 14.8. The number of hydrogen-bond acceptors (Lipinski definition) is 6. The van der Waals surface area contributed by atoms with Crippen LogP contribution in [-0.2, 0) is 4.79 Å². The van der Waals surface area contributed by atoms with Crippen LogP contribution in [0.4, 0.5) is 0 Å². The second kappa shape index (κ2) is 16.8. The maximum absolute atomic E-state index is 10.5. The van der Waals surface area contributed by atoms with Crippen molar-refractivity contribution in [3.05, 3.63) is 96.1 Å². The predicted octanol–water partition coefficient (Wildman–Crippen LogP) is 3.85. The van der Waals surface area contributed by atoms with Crippen LogP contribution in [-0.4, -0.2) is 41.0 Å². The smallest absolute Gasteiger partial charge is 0.335 e. The average Bonchev–Trinajstić information content (AvgIpc) is 2.84. The summed E-state index contributed by atoms with van der Waals surface area (Å²) in [7, 11) is 0. The molecule has 33 heavy (non-hydrogen) atoms. The van der Waals surface area contributed by atoms with Gasteiger partial charge in [-0.1, -0.05) is 72.8 Å². The van der Waals surface area contributed by atoms with Gasteiger partial charge in [0.2, 0.25) is 0 Å². The Bertz CT molecular complexity index is 949. The first-order chi connectivity index (χ1) is 15.4. The van der Waals surface area contributed by atoms with E-state index in [1.807, 2.05) is 42.5 Å². The SMILES string of the molecule is N.NCCC[C@H](N)C(=O)O.O=C(O)c1ccccc1.O=Cc1ccc(-c2ccccc2)cc1. The van der Waals surface area contributed by atoms with E-state index in [1.165, 1.54) is 5.56 Å². The maximum Gasteiger partial charge on any atom is 0.335 e. The Morgan fingerprint density at radius 1 is 0.818 bits per heavy atom. The normalized spacial score (nSPS) is 10.1. The van der Waals surface area contributed by atoms with Gasteiger partial charge < -0.3 is 27.8 Å². The number of rotatable bonds is 7. The third-order valence-electron chi connectivity index (χ3n) is 4.21. The molecule has 0 aliphatic heterocycles. The highest BCUT2D eigenvalue weighted by Crippen LogP contribution is 2.18. The quantitative estimate of drug-likeness (QED) is 0.335. The second-order valence-electron chi connectivity index (χ2n) is 6.65. The molecule has 0 aromatic heterocycles. The molecule has 0 radical (unpaired) electrons. The van der Waals surface area contributed by atoms with Crippen LogP contribution in [0, 0.1) is 0 Å². The Hall–Kier alpha value is -3.85. The van der Waals surface area contributed by atoms with Gasteiger partial charge in [0.05, 0.1) is 5.56 Å². The van der Waals surface area contributed by atoms with Crippen LogP contribution < -0.4 is 17.6 Å². The van der Waals surface area contributed by atoms with Crippen LogP contribution in [0.1, 0.15) is 33.6 Å². The van der Waals surface area contributed by atoms with Crippen LogP contribution in [0.3, 0.4) is 0 Å². The van der Waals surface area contributed by atoms with Gasteiger partial charge in [0.1, 0.15) is 12.3 Å². The van der Waals surface area contributed by atoms with Crippen molar-refractivity contribution in [3.8, 4) is 11.1 Å². The van der Waals surface area contributed by atoms with Crippen LogP contribution in [0.5, 0.6) is 0 Å². The molecule has 1 atom stereocenters. The van der Waals surface area contributed by atoms with Gasteiger partial charge in [-0.05, 0) is 42.6 Å². The van der Waals surface area contributed by atoms with E-state index < -0.39 is 18.0 Å². The summed E-state index contributed by atoms with van der Waals surface area (Å²) in [5, 5.41) is 16.6. The predicted molar refractivity (Wildman–Crippen MR) is 130 cm³/mol. The third-order valence-corrected chi connectivity index (χ3v) is 4.21. The van der Waals surface area contributed by atoms with Crippen molar-refractivity contribution in [2.24, 2.45) is 11.5 Å². The molecule has 3 aromatic rings. The molecule has 0 bridgehead atoms. The summed E-state index contributed by atoms with van der Waals surface area (Å²) in [5.41, 5.74) is 13.6. The highest BCUT2D eigenvalue weighted by Gasteiger charge is 2.08. The number of carbonyl (C=O) groups excluding carboxylic acids is 1. The molecule has 0 saturated carbocycles. The molecule has 176 valence electrons. The summed E-state index contributed by atoms with van der Waals surface area (Å²) in [4.78, 5) is 30.7. The van der Waals surface area contributed by atoms with E-state index in [1.54, 1.807) is 30.3 Å². The van der Waals surface area contributed by atoms with Crippen molar-refractivity contribution in [2.75, 3.05) is 6.54 Å². The highest BCUT2D eigenvalue weighted by molar-refractivity contribution is 5.87. The number of aliphatic carboxylic acids is 1. The number of carbonyl (C=O) groups is 3. The van der Waals surface area contributed by atoms with Crippen LogP contribution in [0.2, 0.25) is 0 Å². The number of benzene rings is 3. The number of aldehydes is 1. The second-order valence-corrected chi connectivity index (χ2v) is 6.65. The minimum Gasteiger partial charge on any atom is -0.480 e. The molecule has 0 saturated heterocycles. The van der Waals surface area contributed by atoms with Crippen LogP contribution in [0.15, 0.2) is 84.9 Å². The van der Waals surface area contributed by atoms with Crippen molar-refractivity contribution < 1.29 is 24.6 Å². The van der Waals surface area contributed by atoms with E-state index in [4.69, 9.17) is 21.7 Å². The van der Waals surface area contributed by atoms with Crippen molar-refractivity contribution in [2.45, 2.75) is 18.9 Å². The minimum atomic E-state index is -0.955. The Labute approximate surface area is 193 Å². The van der Waals surface area contributed by atoms with Crippen molar-refractivity contribution in [1.29, 1.82) is 0 Å². The first kappa shape index (κ1) is 29.1. The topological polar surface area (TPSA) is 179 Å². The molecule has 8 nitrogen and oxygen atoms in total. The lowest BCUT2D eigenvalue weighted by Crippen LogP contribution is -2.30. The fraction of sp³-hybridized carbons (Fsp3) is 0.160. The van der Waals surface area contributed by atoms with Gasteiger partial charge in [0.25, 0.3) is 0 Å². The lowest BCUT2D eigenvalue weighted by atomic mass is 10.0. The summed E-state index contributed by atoms with van der Waals surface area (Å²) in [6.07, 6.45) is 1.99. The highest BCUT2D eigenvalue weighted by atomic mass is 16.4. The Morgan fingerprint density at radius 2 is 1.30 bits per heavy atom. The lowest BCUT2D eigenvalue weighted by Gasteiger charge is -2.02. The summed E-state index contributed by atoms with van der Waals surface area (Å²) >= 11 is 0. The van der Waals surface area contributed by atoms with Gasteiger partial charge in [0.15, 0.2) is 0 Å². The fourth-order valence-corrected chi connectivity index (χ4v) is 2.43. The molecule has 3 rings (SSSR count). The lowest BCUT2D eigenvalue weighted by molar-refractivity contribution is -0.138. The first-order valence-corrected chi connectivity index (χ1v) is 9.96. The summed E-state index contributed by atoms with van der Waals surface area (Å²) in [6, 6.07) is 25.2. The average molecular weight is 454 g/mol. The summed E-state index contributed by atoms with van der Waals surface area (Å²) in [6.45, 7) is 0.501. The molecule has 9 N–H and O–H groups in total. The third kappa shape index (κ3) is 11.9. The van der Waals surface area contributed by atoms with E-state index in [2.05, 4.69) is 12.1 Å². The maximum atomic E-state index is 10.5. The van der Waals surface area contributed by atoms with E-state index in [9.17, 15) is 14.4 Å². The molecule has 0 spiro atoms. The Morgan fingerprint density at radius 3 is 1.70 bits per heavy atom. The first-order valence-electron chi connectivity index (χ1n) is 9.96. The molecular weight excluding hydrogens is 422 g/mol. The van der Waals surface area contributed by atoms with Gasteiger partial charge >= 0.3 is 11.9 Å². The zero-order valence-corrected chi connectivity index (χ0v) is 18.3. The zero-order valence-electron chi connectivity index (χ0n) is 18.3. The number of carboxylic acid groups (broad SMARTS) is 2. The van der Waals surface area contributed by atoms with Crippen LogP contribution >= 0.6 is 0 Å². The van der Waals surface area contributed by atoms with E-state index in [0.29, 0.717) is 30.5 Å². The molecule has 3 aromatic carbocycles. The molecule has 0 fully saturated rings. The van der Waals surface area contributed by atoms with Gasteiger partial charge in [0, 0.05) is 5.56 Å². The van der Waals surface area contributed by atoms with Gasteiger partial charge in [-0.15, -0.1) is 0 Å². The van der Waals surface area contributed by atoms with E-state index >= 15 is 0 Å². The van der Waals surface area contributed by atoms with Crippen LogP contribution in [0.25, 0.3) is 11.1 Å². The molecule has 0 unspecified atom stereocenters. The fourth-order valence-electron chi connectivity index (χ4n) is 2.43. The molecule has 8 heteroatoms. The van der Waals surface area contributed by atoms with E-state index in [-0.39, 0.29) is 6.15 Å². The minimum absolute atomic E-state index is 0. The zero-order chi connectivity index (χ0) is 23.8. The number of carboxylic acids is 2. The van der Waals surface area contributed by atoms with Gasteiger partial charge in [-0.2, -0.15) is 0 Å². The number of nitrogens with two attached hydrogens (primary N) is 2. The van der Waals surface area contributed by atoms with E-state index in [0.717, 1.165) is 11.8 Å². The van der Waals surface area contributed by atoms with Crippen molar-refractivity contribution in [1.82, 2.24) is 6.15 Å². The number of aromatic carboxylic acids is 1. The Balaban J connectivity index is 0.000000479. The molecule has 0 aliphatic carbocycles. The largest absolute Gasteiger partial charge is 0.480 e. The molecule has 0 amide bonds. The summed E-state index contributed by atoms with van der Waals surface area (Å²) in [5.74, 6) is -1.83. The molecular formula is C25H31N3O5. The standard InChI is InChI=1S/C13H10O.C7H6O2.C5H12N2O2.H3N/c14-10-11-6-8-13(9-7-11)12-4-2-1-3-5-12;8-7(9)6-4-2-1-3-5-6;6-3-1-2-4(7)5(8)9;/h1-10H;1-5H,(H,8,9);4H,1-3,6-7H2,(H,8,9);1H3/t;;4-;/m..0./s1. The van der Waals surface area contributed by atoms with Gasteiger partial charge in [-0.3, -0.25) is 9.59 Å². The summed E-state index contributed by atoms with van der Waals surface area (Å²) < 4.78 is 0. The monoisotopic (exact) mass is 453 g/mol.